The van der Waals surface area contributed by atoms with E-state index in [1.54, 1.807) is 23.2 Å². The number of carbonyl (C=O) groups is 1. The Morgan fingerprint density at radius 2 is 2.47 bits per heavy atom. The quantitative estimate of drug-likeness (QED) is 0.357. The zero-order valence-electron chi connectivity index (χ0n) is 10.6. The highest BCUT2D eigenvalue weighted by Crippen LogP contribution is 2.23. The van der Waals surface area contributed by atoms with Crippen molar-refractivity contribution in [2.24, 2.45) is 10.9 Å². The lowest BCUT2D eigenvalue weighted by atomic mass is 10.2. The number of nitrogens with zero attached hydrogens (tertiary/aromatic N) is 3. The highest BCUT2D eigenvalue weighted by molar-refractivity contribution is 6.00. The van der Waals surface area contributed by atoms with Crippen LogP contribution in [0.4, 0.5) is 0 Å². The summed E-state index contributed by atoms with van der Waals surface area (Å²) in [6, 6.07) is 2.95. The monoisotopic (exact) mass is 264 g/mol. The molecule has 0 aliphatic carbocycles. The summed E-state index contributed by atoms with van der Waals surface area (Å²) in [7, 11) is 1.46. The third kappa shape index (κ3) is 2.44. The Morgan fingerprint density at radius 3 is 3.16 bits per heavy atom. The van der Waals surface area contributed by atoms with Crippen molar-refractivity contribution in [1.29, 1.82) is 0 Å². The summed E-state index contributed by atoms with van der Waals surface area (Å²) in [5.74, 6) is 0.102. The summed E-state index contributed by atoms with van der Waals surface area (Å²) in [4.78, 5) is 18.0. The van der Waals surface area contributed by atoms with E-state index in [0.29, 0.717) is 18.5 Å². The molecule has 7 nitrogen and oxygen atoms in total. The highest BCUT2D eigenvalue weighted by Gasteiger charge is 2.33. The Morgan fingerprint density at radius 1 is 1.68 bits per heavy atom. The van der Waals surface area contributed by atoms with Crippen LogP contribution in [0.25, 0.3) is 0 Å². The predicted molar refractivity (Wildman–Crippen MR) is 68.3 cm³/mol. The van der Waals surface area contributed by atoms with E-state index >= 15 is 0 Å². The average molecular weight is 264 g/mol. The van der Waals surface area contributed by atoms with Crippen LogP contribution in [0.1, 0.15) is 23.2 Å². The normalized spacial score (nSPS) is 19.5. The summed E-state index contributed by atoms with van der Waals surface area (Å²) in [5, 5.41) is 11.7. The van der Waals surface area contributed by atoms with Crippen LogP contribution in [0, 0.1) is 0 Å². The van der Waals surface area contributed by atoms with Gasteiger partial charge in [-0.25, -0.2) is 4.98 Å². The van der Waals surface area contributed by atoms with Crippen molar-refractivity contribution in [3.05, 3.63) is 23.9 Å². The van der Waals surface area contributed by atoms with Crippen LogP contribution in [0.5, 0.6) is 5.88 Å². The molecule has 0 bridgehead atoms. The van der Waals surface area contributed by atoms with Crippen molar-refractivity contribution >= 4 is 11.7 Å². The van der Waals surface area contributed by atoms with E-state index in [1.807, 2.05) is 0 Å². The molecule has 0 aromatic carbocycles. The predicted octanol–water partition coefficient (Wildman–Crippen LogP) is 0.441. The number of ether oxygens (including phenoxy) is 1. The number of amides is 1. The lowest BCUT2D eigenvalue weighted by Gasteiger charge is -2.24. The van der Waals surface area contributed by atoms with Gasteiger partial charge in [0.05, 0.1) is 13.2 Å². The van der Waals surface area contributed by atoms with E-state index in [0.717, 1.165) is 6.42 Å². The summed E-state index contributed by atoms with van der Waals surface area (Å²) in [5.41, 5.74) is 5.99. The molecule has 2 rings (SSSR count). The third-order valence-corrected chi connectivity index (χ3v) is 3.17. The van der Waals surface area contributed by atoms with E-state index in [-0.39, 0.29) is 23.7 Å². The minimum absolute atomic E-state index is 0.0497. The van der Waals surface area contributed by atoms with Crippen molar-refractivity contribution in [2.75, 3.05) is 13.7 Å². The number of methoxy groups -OCH3 is 1. The maximum Gasteiger partial charge on any atom is 0.259 e. The first-order chi connectivity index (χ1) is 9.19. The molecule has 1 aromatic heterocycles. The van der Waals surface area contributed by atoms with Gasteiger partial charge in [0.2, 0.25) is 5.88 Å². The second kappa shape index (κ2) is 5.55. The van der Waals surface area contributed by atoms with Crippen LogP contribution in [0.2, 0.25) is 0 Å². The van der Waals surface area contributed by atoms with Crippen LogP contribution in [0.15, 0.2) is 23.5 Å². The molecule has 1 fully saturated rings. The van der Waals surface area contributed by atoms with E-state index in [1.165, 1.54) is 7.11 Å². The van der Waals surface area contributed by atoms with Gasteiger partial charge >= 0.3 is 0 Å². The van der Waals surface area contributed by atoms with Gasteiger partial charge in [-0.2, -0.15) is 0 Å². The zero-order chi connectivity index (χ0) is 13.8. The first-order valence-electron chi connectivity index (χ1n) is 5.96. The second-order valence-corrected chi connectivity index (χ2v) is 4.24. The van der Waals surface area contributed by atoms with Crippen molar-refractivity contribution in [1.82, 2.24) is 9.88 Å². The number of aromatic nitrogens is 1. The van der Waals surface area contributed by atoms with Crippen molar-refractivity contribution in [3.8, 4) is 5.88 Å². The standard InChI is InChI=1S/C12H16N4O3/c1-19-11-8(4-2-6-14-11)12(17)16-7-3-5-9(16)10(13)15-18/h2,4,6,9,18H,3,5,7H2,1H3,(H2,13,15). The number of nitrogens with two attached hydrogens (primary N) is 1. The van der Waals surface area contributed by atoms with Crippen molar-refractivity contribution in [2.45, 2.75) is 18.9 Å². The fraction of sp³-hybridized carbons (Fsp3) is 0.417. The number of carbonyl (C=O) groups excluding carboxylic acids is 1. The Labute approximate surface area is 110 Å². The van der Waals surface area contributed by atoms with Crippen LogP contribution < -0.4 is 10.5 Å². The molecule has 2 heterocycles. The lowest BCUT2D eigenvalue weighted by molar-refractivity contribution is 0.0763. The topological polar surface area (TPSA) is 101 Å². The molecule has 102 valence electrons. The molecule has 0 radical (unpaired) electrons. The van der Waals surface area contributed by atoms with Crippen molar-refractivity contribution < 1.29 is 14.7 Å². The van der Waals surface area contributed by atoms with Crippen LogP contribution in [0.3, 0.4) is 0 Å². The summed E-state index contributed by atoms with van der Waals surface area (Å²) in [6.07, 6.45) is 3.06. The van der Waals surface area contributed by atoms with E-state index in [4.69, 9.17) is 15.7 Å². The minimum atomic E-state index is -0.373. The maximum absolute atomic E-state index is 12.5. The number of likely N-dealkylation sites (tertiary alicyclic amines) is 1. The Balaban J connectivity index is 2.28. The Kier molecular flexibility index (Phi) is 3.84. The molecular weight excluding hydrogens is 248 g/mol. The van der Waals surface area contributed by atoms with E-state index in [2.05, 4.69) is 10.1 Å². The van der Waals surface area contributed by atoms with Crippen LogP contribution >= 0.6 is 0 Å². The molecule has 7 heteroatoms. The number of oxime groups is 1. The van der Waals surface area contributed by atoms with Gasteiger partial charge in [0.15, 0.2) is 5.84 Å². The number of rotatable bonds is 3. The van der Waals surface area contributed by atoms with Gasteiger partial charge in [0.1, 0.15) is 5.56 Å². The van der Waals surface area contributed by atoms with E-state index < -0.39 is 0 Å². The molecule has 1 amide bonds. The SMILES string of the molecule is COc1ncccc1C(=O)N1CCCC1C(N)=NO. The Hall–Kier alpha value is -2.31. The van der Waals surface area contributed by atoms with Gasteiger partial charge in [-0.05, 0) is 25.0 Å². The van der Waals surface area contributed by atoms with Gasteiger partial charge in [0.25, 0.3) is 5.91 Å². The number of hydrogen-bond acceptors (Lipinski definition) is 5. The van der Waals surface area contributed by atoms with Gasteiger partial charge < -0.3 is 20.6 Å². The molecule has 1 atom stereocenters. The molecule has 1 aliphatic heterocycles. The number of amidine groups is 1. The fourth-order valence-corrected chi connectivity index (χ4v) is 2.25. The first-order valence-corrected chi connectivity index (χ1v) is 5.96. The summed E-state index contributed by atoms with van der Waals surface area (Å²) < 4.78 is 5.08. The molecule has 0 spiro atoms. The molecule has 1 aliphatic rings. The van der Waals surface area contributed by atoms with Gasteiger partial charge in [-0.15, -0.1) is 0 Å². The zero-order valence-corrected chi connectivity index (χ0v) is 10.6. The average Bonchev–Trinajstić information content (AvgIpc) is 2.95. The van der Waals surface area contributed by atoms with Gasteiger partial charge in [-0.1, -0.05) is 5.16 Å². The van der Waals surface area contributed by atoms with E-state index in [9.17, 15) is 4.79 Å². The molecule has 0 saturated carbocycles. The first kappa shape index (κ1) is 13.1. The maximum atomic E-state index is 12.5. The molecule has 19 heavy (non-hydrogen) atoms. The third-order valence-electron chi connectivity index (χ3n) is 3.17. The number of pyridine rings is 1. The highest BCUT2D eigenvalue weighted by atomic mass is 16.5. The molecule has 1 unspecified atom stereocenters. The molecule has 3 N–H and O–H groups in total. The van der Waals surface area contributed by atoms with Gasteiger partial charge in [-0.3, -0.25) is 4.79 Å². The summed E-state index contributed by atoms with van der Waals surface area (Å²) in [6.45, 7) is 0.567. The van der Waals surface area contributed by atoms with Crippen molar-refractivity contribution in [3.63, 3.8) is 0 Å². The number of hydrogen-bond donors (Lipinski definition) is 2. The smallest absolute Gasteiger partial charge is 0.259 e. The van der Waals surface area contributed by atoms with Crippen LogP contribution in [-0.2, 0) is 0 Å². The minimum Gasteiger partial charge on any atom is -0.480 e. The van der Waals surface area contributed by atoms with Gasteiger partial charge in [0, 0.05) is 12.7 Å². The largest absolute Gasteiger partial charge is 0.480 e. The Bertz CT molecular complexity index is 504. The second-order valence-electron chi connectivity index (χ2n) is 4.24. The molecular formula is C12H16N4O3. The summed E-state index contributed by atoms with van der Waals surface area (Å²) >= 11 is 0. The fourth-order valence-electron chi connectivity index (χ4n) is 2.25. The van der Waals surface area contributed by atoms with Crippen LogP contribution in [-0.4, -0.2) is 46.5 Å². The molecule has 1 aromatic rings. The molecule has 1 saturated heterocycles. The lowest BCUT2D eigenvalue weighted by Crippen LogP contribution is -2.44.